The summed E-state index contributed by atoms with van der Waals surface area (Å²) in [5.74, 6) is 0.593. The van der Waals surface area contributed by atoms with Crippen molar-refractivity contribution >= 4 is 17.4 Å². The molecule has 4 aliphatic rings. The SMILES string of the molecule is CC1C(=O)C=CC2(C)C3CCC4(C)C(c5ccc(=O)oc5)C(Cl)CC4(O)C3=CCC12. The van der Waals surface area contributed by atoms with Gasteiger partial charge in [-0.25, -0.2) is 4.79 Å². The number of alkyl halides is 1. The quantitative estimate of drug-likeness (QED) is 0.524. The van der Waals surface area contributed by atoms with Crippen molar-refractivity contribution in [2.75, 3.05) is 0 Å². The molecule has 1 N–H and O–H groups in total. The van der Waals surface area contributed by atoms with Gasteiger partial charge in [-0.2, -0.15) is 0 Å². The van der Waals surface area contributed by atoms with Gasteiger partial charge in [0.2, 0.25) is 0 Å². The van der Waals surface area contributed by atoms with Crippen molar-refractivity contribution in [2.45, 2.75) is 63.4 Å². The maximum atomic E-state index is 12.3. The summed E-state index contributed by atoms with van der Waals surface area (Å²) in [5.41, 5.74) is 0.0259. The Kier molecular flexibility index (Phi) is 4.34. The van der Waals surface area contributed by atoms with Crippen LogP contribution >= 0.6 is 11.6 Å². The smallest absolute Gasteiger partial charge is 0.335 e. The van der Waals surface area contributed by atoms with E-state index in [9.17, 15) is 14.7 Å². The van der Waals surface area contributed by atoms with Crippen LogP contribution in [-0.4, -0.2) is 21.9 Å². The fourth-order valence-corrected chi connectivity index (χ4v) is 8.07. The molecule has 0 amide bonds. The largest absolute Gasteiger partial charge is 0.431 e. The molecule has 1 heterocycles. The van der Waals surface area contributed by atoms with Gasteiger partial charge in [-0.05, 0) is 66.2 Å². The molecule has 0 saturated heterocycles. The van der Waals surface area contributed by atoms with Crippen LogP contribution in [0.1, 0.15) is 57.9 Å². The van der Waals surface area contributed by atoms with Gasteiger partial charge in [0.1, 0.15) is 0 Å². The molecule has 0 spiro atoms. The summed E-state index contributed by atoms with van der Waals surface area (Å²) in [6.07, 6.45) is 10.7. The summed E-state index contributed by atoms with van der Waals surface area (Å²) in [6.45, 7) is 6.44. The molecule has 2 fully saturated rings. The van der Waals surface area contributed by atoms with E-state index in [1.54, 1.807) is 12.1 Å². The fourth-order valence-electron chi connectivity index (χ4n) is 7.43. The van der Waals surface area contributed by atoms with E-state index < -0.39 is 11.0 Å². The predicted molar refractivity (Wildman–Crippen MR) is 115 cm³/mol. The van der Waals surface area contributed by atoms with Gasteiger partial charge in [-0.1, -0.05) is 32.9 Å². The Balaban J connectivity index is 1.59. The molecular formula is C25H29ClO4. The van der Waals surface area contributed by atoms with Crippen LogP contribution in [0.5, 0.6) is 0 Å². The van der Waals surface area contributed by atoms with E-state index in [-0.39, 0.29) is 45.9 Å². The van der Waals surface area contributed by atoms with Gasteiger partial charge in [-0.15, -0.1) is 11.6 Å². The van der Waals surface area contributed by atoms with Crippen molar-refractivity contribution in [3.8, 4) is 0 Å². The number of ketones is 1. The minimum Gasteiger partial charge on any atom is -0.431 e. The van der Waals surface area contributed by atoms with Crippen molar-refractivity contribution < 1.29 is 14.3 Å². The van der Waals surface area contributed by atoms with E-state index in [1.807, 2.05) is 6.92 Å². The highest BCUT2D eigenvalue weighted by atomic mass is 35.5. The lowest BCUT2D eigenvalue weighted by Crippen LogP contribution is -2.57. The molecule has 4 nitrogen and oxygen atoms in total. The summed E-state index contributed by atoms with van der Waals surface area (Å²) in [4.78, 5) is 23.8. The van der Waals surface area contributed by atoms with Crippen molar-refractivity contribution in [1.29, 1.82) is 0 Å². The Hall–Kier alpha value is -1.65. The van der Waals surface area contributed by atoms with E-state index in [0.717, 1.165) is 30.4 Å². The summed E-state index contributed by atoms with van der Waals surface area (Å²) >= 11 is 6.89. The first kappa shape index (κ1) is 20.3. The number of carbonyl (C=O) groups is 1. The minimum absolute atomic E-state index is 0.00470. The van der Waals surface area contributed by atoms with Crippen LogP contribution in [0.3, 0.4) is 0 Å². The van der Waals surface area contributed by atoms with Crippen LogP contribution < -0.4 is 5.63 Å². The van der Waals surface area contributed by atoms with E-state index in [2.05, 4.69) is 26.0 Å². The molecule has 5 heteroatoms. The highest BCUT2D eigenvalue weighted by Crippen LogP contribution is 2.69. The minimum atomic E-state index is -1.00. The monoisotopic (exact) mass is 428 g/mol. The van der Waals surface area contributed by atoms with Crippen LogP contribution in [-0.2, 0) is 4.79 Å². The molecule has 0 radical (unpaired) electrons. The number of carbonyl (C=O) groups excluding carboxylic acids is 1. The Morgan fingerprint density at radius 2 is 2.00 bits per heavy atom. The molecule has 5 rings (SSSR count). The molecule has 8 unspecified atom stereocenters. The number of fused-ring (bicyclic) bond motifs is 5. The summed E-state index contributed by atoms with van der Waals surface area (Å²) in [6, 6.07) is 3.22. The molecule has 30 heavy (non-hydrogen) atoms. The zero-order valence-electron chi connectivity index (χ0n) is 17.7. The maximum Gasteiger partial charge on any atom is 0.335 e. The van der Waals surface area contributed by atoms with Gasteiger partial charge in [0, 0.05) is 28.7 Å². The lowest BCUT2D eigenvalue weighted by Gasteiger charge is -2.59. The fraction of sp³-hybridized carbons (Fsp3) is 0.600. The lowest BCUT2D eigenvalue weighted by molar-refractivity contribution is -0.124. The number of hydrogen-bond acceptors (Lipinski definition) is 4. The van der Waals surface area contributed by atoms with Crippen molar-refractivity contribution in [2.24, 2.45) is 28.6 Å². The maximum absolute atomic E-state index is 12.3. The molecule has 1 aromatic heterocycles. The highest BCUT2D eigenvalue weighted by Gasteiger charge is 2.67. The lowest BCUT2D eigenvalue weighted by atomic mass is 9.46. The second-order valence-corrected chi connectivity index (χ2v) is 10.9. The predicted octanol–water partition coefficient (Wildman–Crippen LogP) is 4.61. The molecule has 2 saturated carbocycles. The number of allylic oxidation sites excluding steroid dienone is 3. The highest BCUT2D eigenvalue weighted by molar-refractivity contribution is 6.21. The Labute approximate surface area is 182 Å². The van der Waals surface area contributed by atoms with Crippen molar-refractivity contribution in [1.82, 2.24) is 0 Å². The van der Waals surface area contributed by atoms with E-state index >= 15 is 0 Å². The van der Waals surface area contributed by atoms with E-state index in [0.29, 0.717) is 6.42 Å². The van der Waals surface area contributed by atoms with E-state index in [1.165, 1.54) is 12.3 Å². The second-order valence-electron chi connectivity index (χ2n) is 10.3. The summed E-state index contributed by atoms with van der Waals surface area (Å²) in [5, 5.41) is 12.0. The number of hydrogen-bond donors (Lipinski definition) is 1. The van der Waals surface area contributed by atoms with Crippen LogP contribution in [0.25, 0.3) is 0 Å². The third kappa shape index (κ3) is 2.44. The third-order valence-electron chi connectivity index (χ3n) is 9.17. The van der Waals surface area contributed by atoms with Crippen molar-refractivity contribution in [3.63, 3.8) is 0 Å². The van der Waals surface area contributed by atoms with E-state index in [4.69, 9.17) is 16.0 Å². The first-order valence-corrected chi connectivity index (χ1v) is 11.4. The topological polar surface area (TPSA) is 67.5 Å². The molecule has 4 aliphatic carbocycles. The number of halogens is 1. The number of aliphatic hydroxyl groups is 1. The van der Waals surface area contributed by atoms with Crippen LogP contribution in [0.15, 0.2) is 51.4 Å². The van der Waals surface area contributed by atoms with Crippen LogP contribution in [0, 0.1) is 28.6 Å². The zero-order valence-corrected chi connectivity index (χ0v) is 18.5. The normalized spacial score (nSPS) is 47.3. The first-order valence-electron chi connectivity index (χ1n) is 11.0. The molecular weight excluding hydrogens is 400 g/mol. The standard InChI is InChI=1S/C25H29ClO4/c1-14-16-5-6-18-17(23(16,2)10-9-20(14)27)8-11-24(3)22(19(26)12-25(18,24)29)15-4-7-21(28)30-13-15/h4,6-7,9-10,13-14,16-17,19,22,29H,5,8,11-12H2,1-3H3. The van der Waals surface area contributed by atoms with Gasteiger partial charge in [-0.3, -0.25) is 4.79 Å². The zero-order chi connectivity index (χ0) is 21.5. The summed E-state index contributed by atoms with van der Waals surface area (Å²) < 4.78 is 5.14. The molecule has 0 aliphatic heterocycles. The van der Waals surface area contributed by atoms with Gasteiger partial charge in [0.05, 0.1) is 11.9 Å². The third-order valence-corrected chi connectivity index (χ3v) is 9.58. The summed E-state index contributed by atoms with van der Waals surface area (Å²) in [7, 11) is 0. The Bertz CT molecular complexity index is 1000. The average molecular weight is 429 g/mol. The molecule has 0 bridgehead atoms. The van der Waals surface area contributed by atoms with Crippen molar-refractivity contribution in [3.05, 3.63) is 58.2 Å². The van der Waals surface area contributed by atoms with Crippen LogP contribution in [0.2, 0.25) is 0 Å². The number of rotatable bonds is 1. The first-order chi connectivity index (χ1) is 14.1. The van der Waals surface area contributed by atoms with Gasteiger partial charge >= 0.3 is 5.63 Å². The average Bonchev–Trinajstić information content (AvgIpc) is 2.91. The molecule has 1 aromatic rings. The molecule has 0 aromatic carbocycles. The Morgan fingerprint density at radius 1 is 1.23 bits per heavy atom. The van der Waals surface area contributed by atoms with Gasteiger partial charge in [0.15, 0.2) is 5.78 Å². The molecule has 8 atom stereocenters. The molecule has 160 valence electrons. The Morgan fingerprint density at radius 3 is 2.70 bits per heavy atom. The van der Waals surface area contributed by atoms with Crippen LogP contribution in [0.4, 0.5) is 0 Å². The second kappa shape index (κ2) is 6.43. The van der Waals surface area contributed by atoms with Gasteiger partial charge in [0.25, 0.3) is 0 Å². The van der Waals surface area contributed by atoms with Gasteiger partial charge < -0.3 is 9.52 Å².